The second-order valence-electron chi connectivity index (χ2n) is 6.88. The number of carbonyl (C=O) groups is 1. The monoisotopic (exact) mass is 392 g/mol. The summed E-state index contributed by atoms with van der Waals surface area (Å²) < 4.78 is 26.3. The molecule has 1 aliphatic carbocycles. The van der Waals surface area contributed by atoms with Crippen LogP contribution >= 0.6 is 11.3 Å². The molecule has 1 aromatic carbocycles. The smallest absolute Gasteiger partial charge is 0.248 e. The summed E-state index contributed by atoms with van der Waals surface area (Å²) in [6.07, 6.45) is 9.31. The number of thiazole rings is 1. The maximum atomic E-state index is 12.3. The van der Waals surface area contributed by atoms with Crippen molar-refractivity contribution in [1.82, 2.24) is 4.57 Å². The normalized spacial score (nSPS) is 16.4. The minimum absolute atomic E-state index is 0.107. The van der Waals surface area contributed by atoms with Crippen LogP contribution < -0.4 is 4.80 Å². The zero-order chi connectivity index (χ0) is 18.7. The molecule has 1 aliphatic rings. The number of sulfone groups is 1. The van der Waals surface area contributed by atoms with Crippen molar-refractivity contribution >= 4 is 37.3 Å². The van der Waals surface area contributed by atoms with E-state index < -0.39 is 9.84 Å². The van der Waals surface area contributed by atoms with Crippen LogP contribution in [0.5, 0.6) is 0 Å². The van der Waals surface area contributed by atoms with Crippen molar-refractivity contribution in [2.24, 2.45) is 10.9 Å². The predicted molar refractivity (Wildman–Crippen MR) is 105 cm³/mol. The number of carbonyl (C=O) groups excluding carboxylic acids is 1. The van der Waals surface area contributed by atoms with Crippen LogP contribution in [0.25, 0.3) is 10.2 Å². The molecule has 1 saturated carbocycles. The Morgan fingerprint density at radius 2 is 2.12 bits per heavy atom. The van der Waals surface area contributed by atoms with E-state index in [2.05, 4.69) is 11.6 Å². The Balaban J connectivity index is 1.93. The highest BCUT2D eigenvalue weighted by Crippen LogP contribution is 2.28. The largest absolute Gasteiger partial charge is 0.313 e. The summed E-state index contributed by atoms with van der Waals surface area (Å²) >= 11 is 1.34. The van der Waals surface area contributed by atoms with Crippen LogP contribution in [-0.4, -0.2) is 25.1 Å². The highest BCUT2D eigenvalue weighted by atomic mass is 32.2. The van der Waals surface area contributed by atoms with E-state index in [0.29, 0.717) is 23.7 Å². The number of amides is 1. The lowest BCUT2D eigenvalue weighted by Gasteiger charge is -2.05. The van der Waals surface area contributed by atoms with Gasteiger partial charge in [-0.2, -0.15) is 4.99 Å². The van der Waals surface area contributed by atoms with Gasteiger partial charge in [0.25, 0.3) is 0 Å². The van der Waals surface area contributed by atoms with Crippen LogP contribution in [0.1, 0.15) is 38.5 Å². The molecular weight excluding hydrogens is 368 g/mol. The molecule has 5 nitrogen and oxygen atoms in total. The lowest BCUT2D eigenvalue weighted by atomic mass is 10.0. The van der Waals surface area contributed by atoms with E-state index in [1.54, 1.807) is 24.3 Å². The molecule has 0 N–H and O–H groups in total. The van der Waals surface area contributed by atoms with E-state index in [9.17, 15) is 13.2 Å². The maximum Gasteiger partial charge on any atom is 0.248 e. The summed E-state index contributed by atoms with van der Waals surface area (Å²) in [6, 6.07) is 5.01. The first-order chi connectivity index (χ1) is 12.4. The second-order valence-corrected chi connectivity index (χ2v) is 9.91. The van der Waals surface area contributed by atoms with Gasteiger partial charge in [0.1, 0.15) is 0 Å². The Morgan fingerprint density at radius 3 is 2.77 bits per heavy atom. The quantitative estimate of drug-likeness (QED) is 0.704. The van der Waals surface area contributed by atoms with Crippen LogP contribution in [0.4, 0.5) is 0 Å². The number of aromatic nitrogens is 1. The fourth-order valence-corrected chi connectivity index (χ4v) is 5.28. The molecule has 1 fully saturated rings. The molecule has 0 radical (unpaired) electrons. The number of allylic oxidation sites excluding steroid dienone is 1. The highest BCUT2D eigenvalue weighted by molar-refractivity contribution is 7.90. The highest BCUT2D eigenvalue weighted by Gasteiger charge is 2.16. The average molecular weight is 393 g/mol. The van der Waals surface area contributed by atoms with Crippen molar-refractivity contribution in [3.8, 4) is 0 Å². The summed E-state index contributed by atoms with van der Waals surface area (Å²) in [6.45, 7) is 4.29. The maximum absolute atomic E-state index is 12.3. The van der Waals surface area contributed by atoms with Gasteiger partial charge in [0.2, 0.25) is 5.91 Å². The Morgan fingerprint density at radius 1 is 1.38 bits per heavy atom. The topological polar surface area (TPSA) is 68.5 Å². The Kier molecular flexibility index (Phi) is 5.77. The summed E-state index contributed by atoms with van der Waals surface area (Å²) in [5.41, 5.74) is 0.865. The van der Waals surface area contributed by atoms with Crippen LogP contribution in [0.2, 0.25) is 0 Å². The van der Waals surface area contributed by atoms with Crippen molar-refractivity contribution < 1.29 is 13.2 Å². The first-order valence-electron chi connectivity index (χ1n) is 8.90. The third-order valence-corrected chi connectivity index (χ3v) is 7.01. The van der Waals surface area contributed by atoms with Crippen molar-refractivity contribution in [3.63, 3.8) is 0 Å². The SMILES string of the molecule is C=CCn1c(=NC(=O)CCC2CCCC2)sc2cc(S(C)(=O)=O)ccc21. The van der Waals surface area contributed by atoms with E-state index in [1.165, 1.54) is 43.3 Å². The average Bonchev–Trinajstić information content (AvgIpc) is 3.20. The number of fused-ring (bicyclic) bond motifs is 1. The molecule has 7 heteroatoms. The summed E-state index contributed by atoms with van der Waals surface area (Å²) in [5.74, 6) is 0.554. The summed E-state index contributed by atoms with van der Waals surface area (Å²) in [5, 5.41) is 0. The molecule has 2 aromatic rings. The van der Waals surface area contributed by atoms with Crippen molar-refractivity contribution in [2.45, 2.75) is 50.0 Å². The van der Waals surface area contributed by atoms with E-state index >= 15 is 0 Å². The molecule has 3 rings (SSSR count). The lowest BCUT2D eigenvalue weighted by molar-refractivity contribution is -0.118. The Bertz CT molecular complexity index is 993. The Labute approximate surface area is 158 Å². The zero-order valence-corrected chi connectivity index (χ0v) is 16.6. The summed E-state index contributed by atoms with van der Waals surface area (Å²) in [4.78, 5) is 17.5. The van der Waals surface area contributed by atoms with Gasteiger partial charge in [-0.15, -0.1) is 6.58 Å². The fourth-order valence-electron chi connectivity index (χ4n) is 3.46. The number of hydrogen-bond acceptors (Lipinski definition) is 4. The van der Waals surface area contributed by atoms with Crippen LogP contribution in [0.15, 0.2) is 40.7 Å². The predicted octanol–water partition coefficient (Wildman–Crippen LogP) is 3.69. The molecule has 0 bridgehead atoms. The molecule has 1 amide bonds. The lowest BCUT2D eigenvalue weighted by Crippen LogP contribution is -2.16. The van der Waals surface area contributed by atoms with Crippen LogP contribution in [0, 0.1) is 5.92 Å². The molecule has 1 aromatic heterocycles. The number of nitrogens with zero attached hydrogens (tertiary/aromatic N) is 2. The number of rotatable bonds is 6. The van der Waals surface area contributed by atoms with E-state index in [4.69, 9.17) is 0 Å². The van der Waals surface area contributed by atoms with E-state index in [1.807, 2.05) is 4.57 Å². The molecule has 0 unspecified atom stereocenters. The number of hydrogen-bond donors (Lipinski definition) is 0. The fraction of sp³-hybridized carbons (Fsp3) is 0.474. The molecule has 140 valence electrons. The minimum Gasteiger partial charge on any atom is -0.313 e. The van der Waals surface area contributed by atoms with Crippen LogP contribution in [0.3, 0.4) is 0 Å². The standard InChI is InChI=1S/C19H24N2O3S2/c1-3-12-21-16-10-9-15(26(2,23)24)13-17(16)25-19(21)20-18(22)11-8-14-6-4-5-7-14/h3,9-10,13-14H,1,4-8,11-12H2,2H3. The molecule has 0 atom stereocenters. The molecule has 26 heavy (non-hydrogen) atoms. The van der Waals surface area contributed by atoms with Gasteiger partial charge in [0, 0.05) is 19.2 Å². The van der Waals surface area contributed by atoms with E-state index in [-0.39, 0.29) is 10.8 Å². The van der Waals surface area contributed by atoms with Crippen molar-refractivity contribution in [3.05, 3.63) is 35.7 Å². The second kappa shape index (κ2) is 7.88. The first kappa shape index (κ1) is 19.0. The van der Waals surface area contributed by atoms with Gasteiger partial charge < -0.3 is 4.57 Å². The van der Waals surface area contributed by atoms with Gasteiger partial charge in [-0.05, 0) is 30.5 Å². The first-order valence-corrected chi connectivity index (χ1v) is 11.6. The van der Waals surface area contributed by atoms with Crippen molar-refractivity contribution in [2.75, 3.05) is 6.26 Å². The van der Waals surface area contributed by atoms with Gasteiger partial charge in [-0.3, -0.25) is 4.79 Å². The van der Waals surface area contributed by atoms with Crippen LogP contribution in [-0.2, 0) is 21.2 Å². The van der Waals surface area contributed by atoms with Crippen molar-refractivity contribution in [1.29, 1.82) is 0 Å². The molecule has 0 spiro atoms. The molecule has 0 saturated heterocycles. The molecule has 1 heterocycles. The third-order valence-electron chi connectivity index (χ3n) is 4.86. The summed E-state index contributed by atoms with van der Waals surface area (Å²) in [7, 11) is -3.27. The third kappa shape index (κ3) is 4.32. The van der Waals surface area contributed by atoms with Gasteiger partial charge >= 0.3 is 0 Å². The molecule has 0 aliphatic heterocycles. The van der Waals surface area contributed by atoms with Gasteiger partial charge in [-0.25, -0.2) is 8.42 Å². The Hall–Kier alpha value is -1.73. The van der Waals surface area contributed by atoms with Gasteiger partial charge in [-0.1, -0.05) is 43.1 Å². The molecular formula is C19H24N2O3S2. The van der Waals surface area contributed by atoms with E-state index in [0.717, 1.165) is 16.6 Å². The zero-order valence-electron chi connectivity index (χ0n) is 15.0. The van der Waals surface area contributed by atoms with Gasteiger partial charge in [0.05, 0.1) is 15.1 Å². The number of benzene rings is 1. The minimum atomic E-state index is -3.27. The van der Waals surface area contributed by atoms with Gasteiger partial charge in [0.15, 0.2) is 14.6 Å².